The highest BCUT2D eigenvalue weighted by atomic mass is 79.9. The fourth-order valence-corrected chi connectivity index (χ4v) is 2.52. The highest BCUT2D eigenvalue weighted by Crippen LogP contribution is 2.17. The second kappa shape index (κ2) is 6.45. The van der Waals surface area contributed by atoms with Gasteiger partial charge in [0, 0.05) is 17.6 Å². The third-order valence-corrected chi connectivity index (χ3v) is 3.63. The average Bonchev–Trinajstić information content (AvgIpc) is 2.34. The molecule has 0 spiro atoms. The second-order valence-corrected chi connectivity index (χ2v) is 5.75. The van der Waals surface area contributed by atoms with E-state index in [4.69, 9.17) is 0 Å². The number of halogens is 3. The minimum absolute atomic E-state index is 0.231. The molecule has 0 aliphatic rings. The summed E-state index contributed by atoms with van der Waals surface area (Å²) in [6.07, 6.45) is 0. The summed E-state index contributed by atoms with van der Waals surface area (Å²) in [6, 6.07) is 13.2. The molecular formula is C14H12Br2FN. The lowest BCUT2D eigenvalue weighted by Crippen LogP contribution is -2.12. The smallest absolute Gasteiger partial charge is 0.137 e. The lowest BCUT2D eigenvalue weighted by Gasteiger charge is -2.06. The molecule has 2 rings (SSSR count). The van der Waals surface area contributed by atoms with Crippen molar-refractivity contribution in [3.05, 3.63) is 68.4 Å². The Morgan fingerprint density at radius 3 is 2.33 bits per heavy atom. The highest BCUT2D eigenvalue weighted by Gasteiger charge is 2.00. The minimum atomic E-state index is -0.231. The van der Waals surface area contributed by atoms with Crippen LogP contribution in [0.3, 0.4) is 0 Å². The Labute approximate surface area is 123 Å². The van der Waals surface area contributed by atoms with E-state index in [2.05, 4.69) is 49.3 Å². The summed E-state index contributed by atoms with van der Waals surface area (Å²) in [5, 5.41) is 3.33. The first-order chi connectivity index (χ1) is 8.65. The highest BCUT2D eigenvalue weighted by molar-refractivity contribution is 9.10. The lowest BCUT2D eigenvalue weighted by molar-refractivity contribution is 0.618. The first kappa shape index (κ1) is 13.7. The van der Waals surface area contributed by atoms with E-state index < -0.39 is 0 Å². The zero-order valence-electron chi connectivity index (χ0n) is 9.59. The Kier molecular flexibility index (Phi) is 4.92. The van der Waals surface area contributed by atoms with Crippen molar-refractivity contribution >= 4 is 31.9 Å². The summed E-state index contributed by atoms with van der Waals surface area (Å²) in [7, 11) is 0. The Morgan fingerprint density at radius 1 is 0.944 bits per heavy atom. The molecule has 0 amide bonds. The molecule has 0 aromatic heterocycles. The molecule has 0 atom stereocenters. The molecule has 0 saturated heterocycles. The summed E-state index contributed by atoms with van der Waals surface area (Å²) in [4.78, 5) is 0. The van der Waals surface area contributed by atoms with Crippen LogP contribution in [0.4, 0.5) is 4.39 Å². The maximum atomic E-state index is 13.1. The Morgan fingerprint density at radius 2 is 1.67 bits per heavy atom. The van der Waals surface area contributed by atoms with Crippen LogP contribution in [0, 0.1) is 5.82 Å². The van der Waals surface area contributed by atoms with Crippen molar-refractivity contribution in [2.24, 2.45) is 0 Å². The van der Waals surface area contributed by atoms with Gasteiger partial charge >= 0.3 is 0 Å². The van der Waals surface area contributed by atoms with Crippen LogP contribution in [0.1, 0.15) is 11.1 Å². The fraction of sp³-hybridized carbons (Fsp3) is 0.143. The maximum Gasteiger partial charge on any atom is 0.137 e. The van der Waals surface area contributed by atoms with E-state index >= 15 is 0 Å². The van der Waals surface area contributed by atoms with Crippen molar-refractivity contribution in [3.8, 4) is 0 Å². The van der Waals surface area contributed by atoms with Gasteiger partial charge < -0.3 is 5.32 Å². The van der Waals surface area contributed by atoms with Crippen molar-refractivity contribution in [1.82, 2.24) is 5.32 Å². The molecule has 0 heterocycles. The van der Waals surface area contributed by atoms with Crippen LogP contribution in [-0.4, -0.2) is 0 Å². The van der Waals surface area contributed by atoms with Crippen molar-refractivity contribution in [1.29, 1.82) is 0 Å². The largest absolute Gasteiger partial charge is 0.309 e. The molecule has 0 unspecified atom stereocenters. The van der Waals surface area contributed by atoms with Crippen LogP contribution in [0.5, 0.6) is 0 Å². The van der Waals surface area contributed by atoms with E-state index in [1.54, 1.807) is 12.1 Å². The molecule has 94 valence electrons. The summed E-state index contributed by atoms with van der Waals surface area (Å²) < 4.78 is 14.6. The minimum Gasteiger partial charge on any atom is -0.309 e. The van der Waals surface area contributed by atoms with Gasteiger partial charge in [0.2, 0.25) is 0 Å². The van der Waals surface area contributed by atoms with E-state index in [1.165, 1.54) is 11.6 Å². The molecule has 18 heavy (non-hydrogen) atoms. The normalized spacial score (nSPS) is 10.6. The molecule has 0 fully saturated rings. The van der Waals surface area contributed by atoms with Crippen LogP contribution < -0.4 is 5.32 Å². The first-order valence-electron chi connectivity index (χ1n) is 5.54. The topological polar surface area (TPSA) is 12.0 Å². The van der Waals surface area contributed by atoms with E-state index in [1.807, 2.05) is 12.1 Å². The van der Waals surface area contributed by atoms with Gasteiger partial charge in [0.15, 0.2) is 0 Å². The number of hydrogen-bond donors (Lipinski definition) is 1. The SMILES string of the molecule is Fc1ccc(CNCc2cccc(Br)c2)cc1Br. The third-order valence-electron chi connectivity index (χ3n) is 2.53. The van der Waals surface area contributed by atoms with Crippen molar-refractivity contribution in [3.63, 3.8) is 0 Å². The maximum absolute atomic E-state index is 13.1. The van der Waals surface area contributed by atoms with Gasteiger partial charge in [0.25, 0.3) is 0 Å². The Balaban J connectivity index is 1.90. The molecule has 2 aromatic carbocycles. The summed E-state index contributed by atoms with van der Waals surface area (Å²) >= 11 is 6.62. The van der Waals surface area contributed by atoms with Gasteiger partial charge in [-0.15, -0.1) is 0 Å². The molecular weight excluding hydrogens is 361 g/mol. The van der Waals surface area contributed by atoms with Crippen molar-refractivity contribution in [2.75, 3.05) is 0 Å². The zero-order valence-corrected chi connectivity index (χ0v) is 12.8. The van der Waals surface area contributed by atoms with Crippen LogP contribution in [-0.2, 0) is 13.1 Å². The first-order valence-corrected chi connectivity index (χ1v) is 7.13. The van der Waals surface area contributed by atoms with Gasteiger partial charge in [-0.05, 0) is 51.3 Å². The summed E-state index contributed by atoms with van der Waals surface area (Å²) in [6.45, 7) is 1.50. The second-order valence-electron chi connectivity index (χ2n) is 3.98. The monoisotopic (exact) mass is 371 g/mol. The van der Waals surface area contributed by atoms with E-state index in [-0.39, 0.29) is 5.82 Å². The third kappa shape index (κ3) is 3.90. The number of benzene rings is 2. The van der Waals surface area contributed by atoms with Gasteiger partial charge in [-0.3, -0.25) is 0 Å². The molecule has 1 N–H and O–H groups in total. The molecule has 0 bridgehead atoms. The van der Waals surface area contributed by atoms with Gasteiger partial charge in [0.1, 0.15) is 5.82 Å². The summed E-state index contributed by atoms with van der Waals surface area (Å²) in [5.74, 6) is -0.231. The predicted molar refractivity (Wildman–Crippen MR) is 78.8 cm³/mol. The Bertz CT molecular complexity index is 543. The van der Waals surface area contributed by atoms with Gasteiger partial charge in [-0.25, -0.2) is 4.39 Å². The van der Waals surface area contributed by atoms with Crippen molar-refractivity contribution in [2.45, 2.75) is 13.1 Å². The fourth-order valence-electron chi connectivity index (χ4n) is 1.65. The van der Waals surface area contributed by atoms with Crippen LogP contribution in [0.2, 0.25) is 0 Å². The molecule has 0 aliphatic heterocycles. The van der Waals surface area contributed by atoms with E-state index in [0.29, 0.717) is 11.0 Å². The number of rotatable bonds is 4. The van der Waals surface area contributed by atoms with Gasteiger partial charge in [-0.1, -0.05) is 34.1 Å². The molecule has 1 nitrogen and oxygen atoms in total. The lowest BCUT2D eigenvalue weighted by atomic mass is 10.2. The predicted octanol–water partition coefficient (Wildman–Crippen LogP) is 4.64. The summed E-state index contributed by atoms with van der Waals surface area (Å²) in [5.41, 5.74) is 2.27. The van der Waals surface area contributed by atoms with E-state index in [9.17, 15) is 4.39 Å². The molecule has 2 aromatic rings. The van der Waals surface area contributed by atoms with Gasteiger partial charge in [-0.2, -0.15) is 0 Å². The van der Waals surface area contributed by atoms with E-state index in [0.717, 1.165) is 16.6 Å². The molecule has 4 heteroatoms. The van der Waals surface area contributed by atoms with Crippen LogP contribution >= 0.6 is 31.9 Å². The molecule has 0 aliphatic carbocycles. The van der Waals surface area contributed by atoms with Crippen LogP contribution in [0.25, 0.3) is 0 Å². The van der Waals surface area contributed by atoms with Crippen LogP contribution in [0.15, 0.2) is 51.4 Å². The number of nitrogens with one attached hydrogen (secondary N) is 1. The molecule has 0 saturated carbocycles. The zero-order chi connectivity index (χ0) is 13.0. The molecule has 0 radical (unpaired) electrons. The standard InChI is InChI=1S/C14H12Br2FN/c15-12-3-1-2-10(6-12)8-18-9-11-4-5-14(17)13(16)7-11/h1-7,18H,8-9H2. The average molecular weight is 373 g/mol. The van der Waals surface area contributed by atoms with Gasteiger partial charge in [0.05, 0.1) is 4.47 Å². The number of hydrogen-bond acceptors (Lipinski definition) is 1. The quantitative estimate of drug-likeness (QED) is 0.824. The van der Waals surface area contributed by atoms with Crippen molar-refractivity contribution < 1.29 is 4.39 Å². The Hall–Kier alpha value is -0.710.